The van der Waals surface area contributed by atoms with Gasteiger partial charge in [0.05, 0.1) is 23.8 Å². The molecule has 0 radical (unpaired) electrons. The zero-order chi connectivity index (χ0) is 13.3. The maximum Gasteiger partial charge on any atom is 0.318 e. The minimum absolute atomic E-state index is 0.0312. The molecule has 1 aliphatic heterocycles. The standard InChI is InChI=1S/C13H22N4O/c1-5-11-12-10(14-8-16(12)4)6-7-17(11)13(18)15-9(2)3/h8-9,11H,5-7H2,1-4H3,(H,15,18). The van der Waals surface area contributed by atoms with Crippen molar-refractivity contribution in [1.29, 1.82) is 0 Å². The molecule has 1 aliphatic rings. The van der Waals surface area contributed by atoms with Crippen molar-refractivity contribution >= 4 is 6.03 Å². The maximum atomic E-state index is 12.2. The fourth-order valence-corrected chi connectivity index (χ4v) is 2.62. The fraction of sp³-hybridized carbons (Fsp3) is 0.692. The number of nitrogens with one attached hydrogen (secondary N) is 1. The molecule has 5 nitrogen and oxygen atoms in total. The van der Waals surface area contributed by atoms with Crippen molar-refractivity contribution in [3.63, 3.8) is 0 Å². The van der Waals surface area contributed by atoms with Gasteiger partial charge in [0, 0.05) is 26.1 Å². The summed E-state index contributed by atoms with van der Waals surface area (Å²) in [6.07, 6.45) is 3.60. The maximum absolute atomic E-state index is 12.2. The van der Waals surface area contributed by atoms with Gasteiger partial charge in [0.15, 0.2) is 0 Å². The molecule has 18 heavy (non-hydrogen) atoms. The molecular formula is C13H22N4O. The van der Waals surface area contributed by atoms with Crippen molar-refractivity contribution in [2.24, 2.45) is 7.05 Å². The Morgan fingerprint density at radius 3 is 2.94 bits per heavy atom. The Hall–Kier alpha value is -1.52. The van der Waals surface area contributed by atoms with Gasteiger partial charge in [-0.25, -0.2) is 9.78 Å². The fourth-order valence-electron chi connectivity index (χ4n) is 2.62. The van der Waals surface area contributed by atoms with Crippen LogP contribution in [0.5, 0.6) is 0 Å². The lowest BCUT2D eigenvalue weighted by Crippen LogP contribution is -2.47. The van der Waals surface area contributed by atoms with Crippen LogP contribution in [-0.4, -0.2) is 33.1 Å². The second-order valence-electron chi connectivity index (χ2n) is 5.16. The smallest absolute Gasteiger partial charge is 0.318 e. The molecule has 0 saturated carbocycles. The molecule has 1 N–H and O–H groups in total. The van der Waals surface area contributed by atoms with Gasteiger partial charge in [0.2, 0.25) is 0 Å². The van der Waals surface area contributed by atoms with E-state index in [4.69, 9.17) is 0 Å². The van der Waals surface area contributed by atoms with Gasteiger partial charge in [-0.1, -0.05) is 6.92 Å². The summed E-state index contributed by atoms with van der Waals surface area (Å²) in [7, 11) is 2.00. The topological polar surface area (TPSA) is 50.2 Å². The van der Waals surface area contributed by atoms with Gasteiger partial charge in [-0.2, -0.15) is 0 Å². The number of aryl methyl sites for hydroxylation is 1. The first-order valence-electron chi connectivity index (χ1n) is 6.61. The normalized spacial score (nSPS) is 18.9. The van der Waals surface area contributed by atoms with Gasteiger partial charge in [-0.15, -0.1) is 0 Å². The average Bonchev–Trinajstić information content (AvgIpc) is 2.69. The Balaban J connectivity index is 2.25. The number of nitrogens with zero attached hydrogens (tertiary/aromatic N) is 3. The number of carbonyl (C=O) groups is 1. The number of rotatable bonds is 2. The van der Waals surface area contributed by atoms with E-state index in [1.54, 1.807) is 0 Å². The van der Waals surface area contributed by atoms with Crippen LogP contribution in [0.1, 0.15) is 44.6 Å². The van der Waals surface area contributed by atoms with E-state index in [0.717, 1.165) is 25.1 Å². The van der Waals surface area contributed by atoms with Crippen LogP contribution in [-0.2, 0) is 13.5 Å². The average molecular weight is 250 g/mol. The molecule has 0 fully saturated rings. The van der Waals surface area contributed by atoms with E-state index < -0.39 is 0 Å². The highest BCUT2D eigenvalue weighted by Gasteiger charge is 2.32. The van der Waals surface area contributed by atoms with Crippen molar-refractivity contribution < 1.29 is 4.79 Å². The first-order valence-corrected chi connectivity index (χ1v) is 6.61. The van der Waals surface area contributed by atoms with E-state index in [1.807, 2.05) is 36.7 Å². The summed E-state index contributed by atoms with van der Waals surface area (Å²) in [5, 5.41) is 2.98. The van der Waals surface area contributed by atoms with Gasteiger partial charge in [0.1, 0.15) is 0 Å². The van der Waals surface area contributed by atoms with Crippen LogP contribution < -0.4 is 5.32 Å². The third-order valence-electron chi connectivity index (χ3n) is 3.40. The van der Waals surface area contributed by atoms with Crippen molar-refractivity contribution in [2.45, 2.75) is 45.7 Å². The molecule has 1 aromatic heterocycles. The van der Waals surface area contributed by atoms with Gasteiger partial charge in [0.25, 0.3) is 0 Å². The quantitative estimate of drug-likeness (QED) is 0.871. The lowest BCUT2D eigenvalue weighted by molar-refractivity contribution is 0.161. The number of hydrogen-bond donors (Lipinski definition) is 1. The second kappa shape index (κ2) is 5.00. The van der Waals surface area contributed by atoms with E-state index in [0.29, 0.717) is 0 Å². The van der Waals surface area contributed by atoms with E-state index in [1.165, 1.54) is 5.69 Å². The number of hydrogen-bond acceptors (Lipinski definition) is 2. The summed E-state index contributed by atoms with van der Waals surface area (Å²) in [5.74, 6) is 0. The molecule has 0 aromatic carbocycles. The summed E-state index contributed by atoms with van der Waals surface area (Å²) >= 11 is 0. The summed E-state index contributed by atoms with van der Waals surface area (Å²) in [4.78, 5) is 18.6. The van der Waals surface area contributed by atoms with Crippen molar-refractivity contribution in [3.05, 3.63) is 17.7 Å². The van der Waals surface area contributed by atoms with E-state index in [-0.39, 0.29) is 18.1 Å². The van der Waals surface area contributed by atoms with Crippen LogP contribution in [0.15, 0.2) is 6.33 Å². The minimum Gasteiger partial charge on any atom is -0.336 e. The number of amides is 2. The molecule has 5 heteroatoms. The van der Waals surface area contributed by atoms with Crippen LogP contribution in [0.4, 0.5) is 4.79 Å². The molecule has 0 saturated heterocycles. The molecular weight excluding hydrogens is 228 g/mol. The van der Waals surface area contributed by atoms with Crippen molar-refractivity contribution in [3.8, 4) is 0 Å². The zero-order valence-corrected chi connectivity index (χ0v) is 11.6. The SMILES string of the molecule is CCC1c2c(ncn2C)CCN1C(=O)NC(C)C. The molecule has 1 unspecified atom stereocenters. The van der Waals surface area contributed by atoms with Crippen LogP contribution in [0.25, 0.3) is 0 Å². The van der Waals surface area contributed by atoms with Crippen molar-refractivity contribution in [1.82, 2.24) is 19.8 Å². The second-order valence-corrected chi connectivity index (χ2v) is 5.16. The molecule has 2 rings (SSSR count). The molecule has 1 atom stereocenters. The predicted molar refractivity (Wildman–Crippen MR) is 70.3 cm³/mol. The molecule has 0 aliphatic carbocycles. The molecule has 1 aromatic rings. The number of imidazole rings is 1. The largest absolute Gasteiger partial charge is 0.336 e. The lowest BCUT2D eigenvalue weighted by atomic mass is 10.0. The molecule has 100 valence electrons. The van der Waals surface area contributed by atoms with Crippen LogP contribution >= 0.6 is 0 Å². The van der Waals surface area contributed by atoms with Gasteiger partial charge in [-0.05, 0) is 20.3 Å². The number of carbonyl (C=O) groups excluding carboxylic acids is 1. The first-order chi connectivity index (χ1) is 8.54. The third-order valence-corrected chi connectivity index (χ3v) is 3.40. The minimum atomic E-state index is 0.0312. The molecule has 2 heterocycles. The third kappa shape index (κ3) is 2.21. The summed E-state index contributed by atoms with van der Waals surface area (Å²) in [6, 6.07) is 0.339. The Morgan fingerprint density at radius 1 is 1.61 bits per heavy atom. The summed E-state index contributed by atoms with van der Waals surface area (Å²) in [6.45, 7) is 6.83. The lowest BCUT2D eigenvalue weighted by Gasteiger charge is -2.36. The van der Waals surface area contributed by atoms with Gasteiger partial charge in [-0.3, -0.25) is 0 Å². The highest BCUT2D eigenvalue weighted by atomic mass is 16.2. The molecule has 2 amide bonds. The van der Waals surface area contributed by atoms with Gasteiger partial charge < -0.3 is 14.8 Å². The first kappa shape index (κ1) is 12.9. The monoisotopic (exact) mass is 250 g/mol. The highest BCUT2D eigenvalue weighted by Crippen LogP contribution is 2.31. The summed E-state index contributed by atoms with van der Waals surface area (Å²) in [5.41, 5.74) is 2.32. The van der Waals surface area contributed by atoms with Crippen LogP contribution in [0, 0.1) is 0 Å². The van der Waals surface area contributed by atoms with Gasteiger partial charge >= 0.3 is 6.03 Å². The Bertz CT molecular complexity index is 438. The number of aromatic nitrogens is 2. The van der Waals surface area contributed by atoms with E-state index in [9.17, 15) is 4.79 Å². The number of urea groups is 1. The Morgan fingerprint density at radius 2 is 2.33 bits per heavy atom. The van der Waals surface area contributed by atoms with E-state index in [2.05, 4.69) is 17.2 Å². The van der Waals surface area contributed by atoms with Crippen LogP contribution in [0.2, 0.25) is 0 Å². The van der Waals surface area contributed by atoms with Crippen LogP contribution in [0.3, 0.4) is 0 Å². The summed E-state index contributed by atoms with van der Waals surface area (Å²) < 4.78 is 2.04. The highest BCUT2D eigenvalue weighted by molar-refractivity contribution is 5.75. The Labute approximate surface area is 108 Å². The molecule has 0 bridgehead atoms. The van der Waals surface area contributed by atoms with Crippen molar-refractivity contribution in [2.75, 3.05) is 6.54 Å². The zero-order valence-electron chi connectivity index (χ0n) is 11.6. The number of fused-ring (bicyclic) bond motifs is 1. The van der Waals surface area contributed by atoms with E-state index >= 15 is 0 Å². The molecule has 0 spiro atoms. The predicted octanol–water partition coefficient (Wildman–Crippen LogP) is 1.85. The Kier molecular flexibility index (Phi) is 3.59.